The maximum absolute atomic E-state index is 12.1. The molecule has 0 bridgehead atoms. The van der Waals surface area contributed by atoms with Gasteiger partial charge >= 0.3 is 5.97 Å². The molecule has 2 rings (SSSR count). The second kappa shape index (κ2) is 8.20. The van der Waals surface area contributed by atoms with E-state index in [1.54, 1.807) is 24.3 Å². The predicted octanol–water partition coefficient (Wildman–Crippen LogP) is 4.15. The molecule has 25 heavy (non-hydrogen) atoms. The number of hydrogen-bond acceptors (Lipinski definition) is 4. The lowest BCUT2D eigenvalue weighted by atomic mass is 10.2. The lowest BCUT2D eigenvalue weighted by Gasteiger charge is -2.06. The number of carboxylic acid groups (broad SMARTS) is 1. The Bertz CT molecular complexity index is 884. The lowest BCUT2D eigenvalue weighted by Crippen LogP contribution is -2.15. The number of nitrogens with zero attached hydrogens (tertiary/aromatic N) is 1. The zero-order chi connectivity index (χ0) is 18.4. The number of nitriles is 1. The van der Waals surface area contributed by atoms with E-state index in [-0.39, 0.29) is 16.8 Å². The van der Waals surface area contributed by atoms with Crippen LogP contribution < -0.4 is 10.6 Å². The van der Waals surface area contributed by atoms with Crippen LogP contribution >= 0.6 is 23.2 Å². The number of carbonyl (C=O) groups excluding carboxylic acids is 1. The fraction of sp³-hybridized carbons (Fsp3) is 0. The van der Waals surface area contributed by atoms with E-state index in [1.165, 1.54) is 30.5 Å². The molecule has 6 nitrogen and oxygen atoms in total. The fourth-order valence-electron chi connectivity index (χ4n) is 1.87. The molecule has 0 unspecified atom stereocenters. The van der Waals surface area contributed by atoms with Gasteiger partial charge in [0.1, 0.15) is 11.6 Å². The summed E-state index contributed by atoms with van der Waals surface area (Å²) in [6, 6.07) is 12.2. The van der Waals surface area contributed by atoms with Crippen molar-refractivity contribution in [1.29, 1.82) is 5.26 Å². The highest BCUT2D eigenvalue weighted by atomic mass is 35.5. The molecule has 0 saturated heterocycles. The van der Waals surface area contributed by atoms with Gasteiger partial charge in [-0.25, -0.2) is 4.79 Å². The smallest absolute Gasteiger partial charge is 0.335 e. The van der Waals surface area contributed by atoms with Crippen LogP contribution in [0.1, 0.15) is 10.4 Å². The van der Waals surface area contributed by atoms with Gasteiger partial charge < -0.3 is 15.7 Å². The summed E-state index contributed by atoms with van der Waals surface area (Å²) >= 11 is 11.7. The maximum atomic E-state index is 12.1. The van der Waals surface area contributed by atoms with Crippen LogP contribution in [0.25, 0.3) is 0 Å². The lowest BCUT2D eigenvalue weighted by molar-refractivity contribution is -0.112. The Kier molecular flexibility index (Phi) is 6.01. The summed E-state index contributed by atoms with van der Waals surface area (Å²) in [6.07, 6.45) is 1.21. The van der Waals surface area contributed by atoms with Gasteiger partial charge in [0.25, 0.3) is 5.91 Å². The van der Waals surface area contributed by atoms with Crippen LogP contribution in [0.2, 0.25) is 10.0 Å². The molecule has 8 heteroatoms. The molecule has 0 spiro atoms. The highest BCUT2D eigenvalue weighted by Crippen LogP contribution is 2.22. The second-order valence-corrected chi connectivity index (χ2v) is 5.69. The van der Waals surface area contributed by atoms with Crippen LogP contribution in [0.5, 0.6) is 0 Å². The van der Waals surface area contributed by atoms with Crippen LogP contribution in [0.3, 0.4) is 0 Å². The Labute approximate surface area is 153 Å². The summed E-state index contributed by atoms with van der Waals surface area (Å²) < 4.78 is 0. The molecule has 1 amide bonds. The number of nitrogens with one attached hydrogen (secondary N) is 2. The van der Waals surface area contributed by atoms with Crippen molar-refractivity contribution in [3.05, 3.63) is 69.8 Å². The summed E-state index contributed by atoms with van der Waals surface area (Å²) in [7, 11) is 0. The molecule has 126 valence electrons. The maximum Gasteiger partial charge on any atom is 0.335 e. The zero-order valence-corrected chi connectivity index (χ0v) is 14.1. The van der Waals surface area contributed by atoms with E-state index < -0.39 is 11.9 Å². The van der Waals surface area contributed by atoms with Gasteiger partial charge in [0, 0.05) is 27.6 Å². The van der Waals surface area contributed by atoms with Crippen molar-refractivity contribution in [2.24, 2.45) is 0 Å². The number of halogens is 2. The molecular formula is C17H11Cl2N3O3. The van der Waals surface area contributed by atoms with Crippen molar-refractivity contribution in [3.8, 4) is 6.07 Å². The van der Waals surface area contributed by atoms with Gasteiger partial charge in [-0.05, 0) is 36.4 Å². The van der Waals surface area contributed by atoms with Crippen molar-refractivity contribution in [3.63, 3.8) is 0 Å². The molecule has 0 atom stereocenters. The van der Waals surface area contributed by atoms with Crippen LogP contribution in [0.4, 0.5) is 11.4 Å². The summed E-state index contributed by atoms with van der Waals surface area (Å²) in [5.74, 6) is -1.81. The third kappa shape index (κ3) is 5.24. The summed E-state index contributed by atoms with van der Waals surface area (Å²) in [5, 5.41) is 24.1. The normalized spacial score (nSPS) is 10.7. The van der Waals surface area contributed by atoms with E-state index in [9.17, 15) is 9.59 Å². The Morgan fingerprint density at radius 3 is 2.36 bits per heavy atom. The Morgan fingerprint density at radius 1 is 1.08 bits per heavy atom. The molecule has 0 aliphatic carbocycles. The number of hydrogen-bond donors (Lipinski definition) is 3. The Hall–Kier alpha value is -3.01. The van der Waals surface area contributed by atoms with E-state index in [0.717, 1.165) is 0 Å². The fourth-order valence-corrected chi connectivity index (χ4v) is 2.40. The van der Waals surface area contributed by atoms with Gasteiger partial charge in [0.05, 0.1) is 5.56 Å². The van der Waals surface area contributed by atoms with E-state index in [1.807, 2.05) is 0 Å². The quantitative estimate of drug-likeness (QED) is 0.538. The SMILES string of the molecule is N#C/C(=C/Nc1cc(Cl)cc(Cl)c1)C(=O)Nc1cccc(C(=O)O)c1. The first-order valence-corrected chi connectivity index (χ1v) is 7.62. The number of rotatable bonds is 5. The van der Waals surface area contributed by atoms with E-state index in [4.69, 9.17) is 33.6 Å². The van der Waals surface area contributed by atoms with E-state index in [0.29, 0.717) is 15.7 Å². The van der Waals surface area contributed by atoms with Gasteiger partial charge in [0.15, 0.2) is 0 Å². The van der Waals surface area contributed by atoms with Crippen molar-refractivity contribution in [1.82, 2.24) is 0 Å². The molecule has 0 aliphatic heterocycles. The van der Waals surface area contributed by atoms with Crippen LogP contribution in [0, 0.1) is 11.3 Å². The van der Waals surface area contributed by atoms with Crippen LogP contribution in [0.15, 0.2) is 54.2 Å². The van der Waals surface area contributed by atoms with Crippen LogP contribution in [-0.2, 0) is 4.79 Å². The van der Waals surface area contributed by atoms with Crippen molar-refractivity contribution < 1.29 is 14.7 Å². The first-order valence-electron chi connectivity index (χ1n) is 6.86. The number of amides is 1. The predicted molar refractivity (Wildman–Crippen MR) is 95.8 cm³/mol. The average Bonchev–Trinajstić information content (AvgIpc) is 2.54. The van der Waals surface area contributed by atoms with Gasteiger partial charge in [-0.1, -0.05) is 29.3 Å². The van der Waals surface area contributed by atoms with E-state index in [2.05, 4.69) is 10.6 Å². The molecule has 2 aromatic carbocycles. The highest BCUT2D eigenvalue weighted by Gasteiger charge is 2.11. The van der Waals surface area contributed by atoms with Crippen molar-refractivity contribution >= 4 is 46.5 Å². The standard InChI is InChI=1S/C17H11Cl2N3O3/c18-12-5-13(19)7-15(6-12)21-9-11(8-20)16(23)22-14-3-1-2-10(4-14)17(24)25/h1-7,9,21H,(H,22,23)(H,24,25)/b11-9-. The number of carbonyl (C=O) groups is 2. The number of carboxylic acids is 1. The molecule has 0 aliphatic rings. The van der Waals surface area contributed by atoms with Gasteiger partial charge in [-0.15, -0.1) is 0 Å². The minimum Gasteiger partial charge on any atom is -0.478 e. The van der Waals surface area contributed by atoms with Crippen molar-refractivity contribution in [2.75, 3.05) is 10.6 Å². The molecule has 0 heterocycles. The molecule has 0 radical (unpaired) electrons. The molecule has 0 fully saturated rings. The summed E-state index contributed by atoms with van der Waals surface area (Å²) in [6.45, 7) is 0. The van der Waals surface area contributed by atoms with Crippen molar-refractivity contribution in [2.45, 2.75) is 0 Å². The average molecular weight is 376 g/mol. The number of benzene rings is 2. The third-order valence-corrected chi connectivity index (χ3v) is 3.41. The van der Waals surface area contributed by atoms with Gasteiger partial charge in [0.2, 0.25) is 0 Å². The molecule has 2 aromatic rings. The van der Waals surface area contributed by atoms with Gasteiger partial charge in [-0.2, -0.15) is 5.26 Å². The third-order valence-electron chi connectivity index (χ3n) is 2.98. The van der Waals surface area contributed by atoms with E-state index >= 15 is 0 Å². The second-order valence-electron chi connectivity index (χ2n) is 4.81. The Morgan fingerprint density at radius 2 is 1.76 bits per heavy atom. The first-order chi connectivity index (χ1) is 11.9. The molecule has 0 saturated carbocycles. The topological polar surface area (TPSA) is 102 Å². The largest absolute Gasteiger partial charge is 0.478 e. The monoisotopic (exact) mass is 375 g/mol. The summed E-state index contributed by atoms with van der Waals surface area (Å²) in [5.41, 5.74) is 0.576. The van der Waals surface area contributed by atoms with Gasteiger partial charge in [-0.3, -0.25) is 4.79 Å². The zero-order valence-electron chi connectivity index (χ0n) is 12.6. The summed E-state index contributed by atoms with van der Waals surface area (Å²) in [4.78, 5) is 23.1. The highest BCUT2D eigenvalue weighted by molar-refractivity contribution is 6.35. The first kappa shape index (κ1) is 18.3. The number of aromatic carboxylic acids is 1. The molecular weight excluding hydrogens is 365 g/mol. The van der Waals surface area contributed by atoms with Crippen LogP contribution in [-0.4, -0.2) is 17.0 Å². The number of anilines is 2. The minimum atomic E-state index is -1.12. The molecule has 0 aromatic heterocycles. The minimum absolute atomic E-state index is 0.0204. The molecule has 3 N–H and O–H groups in total. The Balaban J connectivity index is 2.14.